The highest BCUT2D eigenvalue weighted by atomic mass is 32.2. The van der Waals surface area contributed by atoms with Crippen molar-refractivity contribution in [2.75, 3.05) is 40.7 Å². The lowest BCUT2D eigenvalue weighted by Gasteiger charge is -2.37. The van der Waals surface area contributed by atoms with E-state index in [0.29, 0.717) is 54.0 Å². The van der Waals surface area contributed by atoms with Gasteiger partial charge >= 0.3 is 5.97 Å². The number of hydrogen-bond donors (Lipinski definition) is 2. The van der Waals surface area contributed by atoms with Gasteiger partial charge in [-0.15, -0.1) is 0 Å². The van der Waals surface area contributed by atoms with Crippen LogP contribution in [0.15, 0.2) is 65.6 Å². The minimum Gasteiger partial charge on any atom is -0.478 e. The lowest BCUT2D eigenvalue weighted by atomic mass is 10.1. The normalized spacial score (nSPS) is 14.1. The number of aryl methyl sites for hydroxylation is 3. The number of nitrogens with one attached hydrogen (secondary N) is 1. The summed E-state index contributed by atoms with van der Waals surface area (Å²) < 4.78 is 42.4. The van der Waals surface area contributed by atoms with Crippen LogP contribution >= 0.6 is 0 Å². The summed E-state index contributed by atoms with van der Waals surface area (Å²) >= 11 is 0. The molecule has 2 N–H and O–H groups in total. The van der Waals surface area contributed by atoms with E-state index in [2.05, 4.69) is 9.62 Å². The second kappa shape index (κ2) is 10.2. The first kappa shape index (κ1) is 26.4. The number of fused-ring (bicyclic) bond motifs is 1. The molecular formula is C29H29FN4O4S. The van der Waals surface area contributed by atoms with Crippen LogP contribution in [0.1, 0.15) is 27.0 Å². The molecular weight excluding hydrogens is 519 g/mol. The van der Waals surface area contributed by atoms with Gasteiger partial charge in [0.25, 0.3) is 10.0 Å². The fourth-order valence-corrected chi connectivity index (χ4v) is 6.76. The first-order valence-electron chi connectivity index (χ1n) is 12.6. The molecule has 1 aliphatic heterocycles. The van der Waals surface area contributed by atoms with Gasteiger partial charge in [0.15, 0.2) is 0 Å². The summed E-state index contributed by atoms with van der Waals surface area (Å²) in [6.45, 7) is 7.99. The van der Waals surface area contributed by atoms with E-state index in [1.165, 1.54) is 24.3 Å². The van der Waals surface area contributed by atoms with Crippen molar-refractivity contribution in [2.24, 2.45) is 0 Å². The van der Waals surface area contributed by atoms with Crippen molar-refractivity contribution in [1.29, 1.82) is 0 Å². The smallest absolute Gasteiger partial charge is 0.336 e. The van der Waals surface area contributed by atoms with E-state index < -0.39 is 16.0 Å². The van der Waals surface area contributed by atoms with Crippen molar-refractivity contribution >= 4 is 44.1 Å². The Balaban J connectivity index is 1.42. The first-order chi connectivity index (χ1) is 18.5. The molecule has 0 bridgehead atoms. The van der Waals surface area contributed by atoms with Crippen molar-refractivity contribution < 1.29 is 22.7 Å². The van der Waals surface area contributed by atoms with E-state index >= 15 is 0 Å². The number of carboxylic acids is 1. The number of aromatic carboxylic acids is 1. The zero-order valence-corrected chi connectivity index (χ0v) is 22.7. The molecule has 0 saturated carbocycles. The molecule has 4 aromatic rings. The monoisotopic (exact) mass is 548 g/mol. The molecule has 5 rings (SSSR count). The maximum absolute atomic E-state index is 13.3. The third kappa shape index (κ3) is 5.37. The van der Waals surface area contributed by atoms with Crippen LogP contribution in [0.5, 0.6) is 0 Å². The second-order valence-electron chi connectivity index (χ2n) is 9.85. The van der Waals surface area contributed by atoms with Crippen LogP contribution in [-0.4, -0.2) is 50.7 Å². The van der Waals surface area contributed by atoms with Crippen LogP contribution in [0, 0.1) is 26.6 Å². The molecule has 8 nitrogen and oxygen atoms in total. The molecule has 0 radical (unpaired) electrons. The third-order valence-corrected chi connectivity index (χ3v) is 8.63. The number of nitrogens with zero attached hydrogens (tertiary/aromatic N) is 3. The number of hydrogen-bond acceptors (Lipinski definition) is 6. The lowest BCUT2D eigenvalue weighted by Crippen LogP contribution is -2.46. The summed E-state index contributed by atoms with van der Waals surface area (Å²) in [5.41, 5.74) is 3.93. The Labute approximate surface area is 226 Å². The fraction of sp³-hybridized carbons (Fsp3) is 0.241. The van der Waals surface area contributed by atoms with E-state index in [1.54, 1.807) is 38.1 Å². The van der Waals surface area contributed by atoms with Crippen molar-refractivity contribution in [3.63, 3.8) is 0 Å². The zero-order valence-electron chi connectivity index (χ0n) is 21.9. The number of carbonyl (C=O) groups is 1. The molecule has 202 valence electrons. The highest BCUT2D eigenvalue weighted by molar-refractivity contribution is 7.92. The Kier molecular flexibility index (Phi) is 6.90. The summed E-state index contributed by atoms with van der Waals surface area (Å²) in [5.74, 6) is -0.869. The van der Waals surface area contributed by atoms with Crippen LogP contribution in [0.25, 0.3) is 10.9 Å². The topological polar surface area (TPSA) is 103 Å². The Hall–Kier alpha value is -4.18. The standard InChI is InChI=1S/C29H29FN4O4S/c1-18-14-19(2)28(20(3)15-18)39(37,38)32-22-6-9-26-24(16-22)25(29(35)36)17-27(31-26)34-12-10-33(11-13-34)23-7-4-21(30)5-8-23/h4-9,14-17,32H,10-13H2,1-3H3,(H,35,36). The SMILES string of the molecule is Cc1cc(C)c(S(=O)(=O)Nc2ccc3nc(N4CCN(c5ccc(F)cc5)CC4)cc(C(=O)O)c3c2)c(C)c1. The lowest BCUT2D eigenvalue weighted by molar-refractivity contribution is 0.0699. The van der Waals surface area contributed by atoms with E-state index in [-0.39, 0.29) is 22.0 Å². The fourth-order valence-electron chi connectivity index (χ4n) is 5.26. The van der Waals surface area contributed by atoms with Gasteiger partial charge in [-0.2, -0.15) is 0 Å². The van der Waals surface area contributed by atoms with Crippen LogP contribution in [0.3, 0.4) is 0 Å². The summed E-state index contributed by atoms with van der Waals surface area (Å²) in [6, 6.07) is 16.3. The first-order valence-corrected chi connectivity index (χ1v) is 14.0. The van der Waals surface area contributed by atoms with Crippen molar-refractivity contribution in [3.05, 3.63) is 88.7 Å². The summed E-state index contributed by atoms with van der Waals surface area (Å²) in [4.78, 5) is 21.3. The van der Waals surface area contributed by atoms with E-state index in [9.17, 15) is 22.7 Å². The molecule has 0 aliphatic carbocycles. The third-order valence-electron chi connectivity index (χ3n) is 6.95. The largest absolute Gasteiger partial charge is 0.478 e. The van der Waals surface area contributed by atoms with Crippen molar-refractivity contribution in [3.8, 4) is 0 Å². The van der Waals surface area contributed by atoms with Gasteiger partial charge in [0.2, 0.25) is 0 Å². The van der Waals surface area contributed by atoms with Gasteiger partial charge in [-0.05, 0) is 80.4 Å². The summed E-state index contributed by atoms with van der Waals surface area (Å²) in [6.07, 6.45) is 0. The number of rotatable bonds is 6. The Bertz CT molecular complexity index is 1660. The van der Waals surface area contributed by atoms with Gasteiger partial charge in [-0.3, -0.25) is 4.72 Å². The number of benzene rings is 3. The molecule has 2 heterocycles. The predicted molar refractivity (Wildman–Crippen MR) is 151 cm³/mol. The Morgan fingerprint density at radius 2 is 1.51 bits per heavy atom. The van der Waals surface area contributed by atoms with E-state index in [4.69, 9.17) is 4.98 Å². The van der Waals surface area contributed by atoms with Crippen molar-refractivity contribution in [2.45, 2.75) is 25.7 Å². The van der Waals surface area contributed by atoms with Gasteiger partial charge < -0.3 is 14.9 Å². The number of sulfonamides is 1. The zero-order chi connectivity index (χ0) is 27.9. The molecule has 10 heteroatoms. The molecule has 1 fully saturated rings. The van der Waals surface area contributed by atoms with Gasteiger partial charge in [0.05, 0.1) is 16.0 Å². The quantitative estimate of drug-likeness (QED) is 0.345. The molecule has 1 aromatic heterocycles. The van der Waals surface area contributed by atoms with Crippen molar-refractivity contribution in [1.82, 2.24) is 4.98 Å². The number of anilines is 3. The molecule has 1 saturated heterocycles. The summed E-state index contributed by atoms with van der Waals surface area (Å²) in [5, 5.41) is 10.3. The summed E-state index contributed by atoms with van der Waals surface area (Å²) in [7, 11) is -3.90. The average molecular weight is 549 g/mol. The molecule has 0 amide bonds. The van der Waals surface area contributed by atoms with Crippen LogP contribution in [0.4, 0.5) is 21.6 Å². The predicted octanol–water partition coefficient (Wildman–Crippen LogP) is 5.12. The molecule has 0 atom stereocenters. The number of piperazine rings is 1. The minimum atomic E-state index is -3.90. The van der Waals surface area contributed by atoms with E-state index in [1.807, 2.05) is 24.0 Å². The number of pyridine rings is 1. The van der Waals surface area contributed by atoms with Crippen LogP contribution in [-0.2, 0) is 10.0 Å². The molecule has 0 unspecified atom stereocenters. The highest BCUT2D eigenvalue weighted by Crippen LogP contribution is 2.30. The second-order valence-corrected chi connectivity index (χ2v) is 11.5. The number of halogens is 1. The van der Waals surface area contributed by atoms with Gasteiger partial charge in [-0.25, -0.2) is 22.6 Å². The number of aromatic nitrogens is 1. The number of carboxylic acid groups (broad SMARTS) is 1. The van der Waals surface area contributed by atoms with E-state index in [0.717, 1.165) is 11.3 Å². The average Bonchev–Trinajstić information content (AvgIpc) is 2.87. The molecule has 39 heavy (non-hydrogen) atoms. The molecule has 0 spiro atoms. The van der Waals surface area contributed by atoms with Crippen LogP contribution < -0.4 is 14.5 Å². The Morgan fingerprint density at radius 1 is 0.897 bits per heavy atom. The molecule has 1 aliphatic rings. The Morgan fingerprint density at radius 3 is 2.13 bits per heavy atom. The van der Waals surface area contributed by atoms with Gasteiger partial charge in [0, 0.05) is 42.9 Å². The maximum Gasteiger partial charge on any atom is 0.336 e. The van der Waals surface area contributed by atoms with Gasteiger partial charge in [-0.1, -0.05) is 17.7 Å². The van der Waals surface area contributed by atoms with Crippen LogP contribution in [0.2, 0.25) is 0 Å². The highest BCUT2D eigenvalue weighted by Gasteiger charge is 2.23. The molecule has 3 aromatic carbocycles. The minimum absolute atomic E-state index is 0.0414. The maximum atomic E-state index is 13.3. The van der Waals surface area contributed by atoms with Gasteiger partial charge in [0.1, 0.15) is 11.6 Å².